The van der Waals surface area contributed by atoms with Crippen molar-refractivity contribution in [2.45, 2.75) is 23.1 Å². The fourth-order valence-electron chi connectivity index (χ4n) is 2.43. The van der Waals surface area contributed by atoms with E-state index in [-0.39, 0.29) is 15.5 Å². The van der Waals surface area contributed by atoms with Crippen LogP contribution in [0.5, 0.6) is 11.5 Å². The van der Waals surface area contributed by atoms with E-state index in [0.717, 1.165) is 0 Å². The lowest BCUT2D eigenvalue weighted by Crippen LogP contribution is -2.24. The summed E-state index contributed by atoms with van der Waals surface area (Å²) in [7, 11) is -7.46. The van der Waals surface area contributed by atoms with E-state index in [0.29, 0.717) is 37.7 Å². The number of rotatable bonds is 7. The molecule has 3 rings (SSSR count). The van der Waals surface area contributed by atoms with Crippen molar-refractivity contribution in [1.82, 2.24) is 4.72 Å². The summed E-state index contributed by atoms with van der Waals surface area (Å²) < 4.78 is 64.9. The van der Waals surface area contributed by atoms with Crippen LogP contribution >= 0.6 is 0 Å². The predicted octanol–water partition coefficient (Wildman–Crippen LogP) is 1.95. The maximum absolute atomic E-state index is 12.6. The number of hydrogen-bond acceptors (Lipinski definition) is 6. The lowest BCUT2D eigenvalue weighted by atomic mass is 10.3. The van der Waals surface area contributed by atoms with Gasteiger partial charge in [-0.05, 0) is 42.8 Å². The fraction of sp³-hybridized carbons (Fsp3) is 0.294. The Hall–Kier alpha value is -2.30. The van der Waals surface area contributed by atoms with Crippen LogP contribution in [-0.4, -0.2) is 36.6 Å². The molecule has 0 aromatic heterocycles. The minimum atomic E-state index is -3.86. The fourth-order valence-corrected chi connectivity index (χ4v) is 4.63. The van der Waals surface area contributed by atoms with Crippen LogP contribution in [0.15, 0.2) is 52.3 Å². The Bertz CT molecular complexity index is 1020. The van der Waals surface area contributed by atoms with Gasteiger partial charge in [-0.2, -0.15) is 0 Å². The maximum Gasteiger partial charge on any atom is 0.262 e. The van der Waals surface area contributed by atoms with Crippen LogP contribution in [0.1, 0.15) is 13.3 Å². The summed E-state index contributed by atoms with van der Waals surface area (Å²) in [5.74, 6) is 0.863. The van der Waals surface area contributed by atoms with Gasteiger partial charge in [-0.3, -0.25) is 4.72 Å². The first-order valence-electron chi connectivity index (χ1n) is 8.34. The SMILES string of the molecule is CCCNS(=O)(=O)c1ccc(NS(=O)(=O)c2ccc3c(c2)OCCO3)cc1. The Labute approximate surface area is 158 Å². The molecule has 0 spiro atoms. The third kappa shape index (κ3) is 4.52. The monoisotopic (exact) mass is 412 g/mol. The standard InChI is InChI=1S/C17H20N2O6S2/c1-2-9-18-26(20,21)14-5-3-13(4-6-14)19-27(22,23)15-7-8-16-17(12-15)25-11-10-24-16/h3-8,12,18-19H,2,9-11H2,1H3. The van der Waals surface area contributed by atoms with Gasteiger partial charge >= 0.3 is 0 Å². The van der Waals surface area contributed by atoms with Crippen molar-refractivity contribution < 1.29 is 26.3 Å². The van der Waals surface area contributed by atoms with E-state index < -0.39 is 20.0 Å². The zero-order chi connectivity index (χ0) is 19.5. The number of fused-ring (bicyclic) bond motifs is 1. The molecule has 0 amide bonds. The van der Waals surface area contributed by atoms with E-state index in [1.165, 1.54) is 42.5 Å². The third-order valence-corrected chi connectivity index (χ3v) is 6.64. The highest BCUT2D eigenvalue weighted by Gasteiger charge is 2.20. The lowest BCUT2D eigenvalue weighted by molar-refractivity contribution is 0.171. The first kappa shape index (κ1) is 19.5. The molecule has 1 aliphatic rings. The summed E-state index contributed by atoms with van der Waals surface area (Å²) in [4.78, 5) is 0.0892. The summed E-state index contributed by atoms with van der Waals surface area (Å²) in [5.41, 5.74) is 0.249. The lowest BCUT2D eigenvalue weighted by Gasteiger charge is -2.19. The van der Waals surface area contributed by atoms with Gasteiger partial charge in [0.25, 0.3) is 10.0 Å². The molecule has 0 radical (unpaired) electrons. The molecule has 1 heterocycles. The first-order chi connectivity index (χ1) is 12.8. The molecule has 1 aliphatic heterocycles. The van der Waals surface area contributed by atoms with Gasteiger partial charge in [0.2, 0.25) is 10.0 Å². The molecule has 2 N–H and O–H groups in total. The molecule has 0 fully saturated rings. The van der Waals surface area contributed by atoms with Crippen LogP contribution in [0.25, 0.3) is 0 Å². The van der Waals surface area contributed by atoms with Crippen molar-refractivity contribution >= 4 is 25.7 Å². The maximum atomic E-state index is 12.6. The highest BCUT2D eigenvalue weighted by atomic mass is 32.2. The van der Waals surface area contributed by atoms with Crippen LogP contribution in [0.2, 0.25) is 0 Å². The minimum absolute atomic E-state index is 0.0214. The van der Waals surface area contributed by atoms with Crippen molar-refractivity contribution in [2.75, 3.05) is 24.5 Å². The smallest absolute Gasteiger partial charge is 0.262 e. The predicted molar refractivity (Wildman–Crippen MR) is 100 cm³/mol. The van der Waals surface area contributed by atoms with Crippen LogP contribution in [0, 0.1) is 0 Å². The van der Waals surface area contributed by atoms with E-state index in [1.807, 2.05) is 6.92 Å². The summed E-state index contributed by atoms with van der Waals surface area (Å²) in [6, 6.07) is 9.84. The molecule has 27 heavy (non-hydrogen) atoms. The van der Waals surface area contributed by atoms with E-state index in [2.05, 4.69) is 9.44 Å². The summed E-state index contributed by atoms with van der Waals surface area (Å²) in [5, 5.41) is 0. The summed E-state index contributed by atoms with van der Waals surface area (Å²) in [6.45, 7) is 2.96. The van der Waals surface area contributed by atoms with E-state index in [4.69, 9.17) is 9.47 Å². The molecule has 0 atom stereocenters. The summed E-state index contributed by atoms with van der Waals surface area (Å²) in [6.07, 6.45) is 0.673. The highest BCUT2D eigenvalue weighted by Crippen LogP contribution is 2.32. The topological polar surface area (TPSA) is 111 Å². The van der Waals surface area contributed by atoms with Crippen LogP contribution in [-0.2, 0) is 20.0 Å². The van der Waals surface area contributed by atoms with Gasteiger partial charge < -0.3 is 9.47 Å². The Kier molecular flexibility index (Phi) is 5.59. The van der Waals surface area contributed by atoms with E-state index >= 15 is 0 Å². The van der Waals surface area contributed by atoms with Crippen molar-refractivity contribution in [3.63, 3.8) is 0 Å². The van der Waals surface area contributed by atoms with Crippen LogP contribution in [0.4, 0.5) is 5.69 Å². The van der Waals surface area contributed by atoms with Gasteiger partial charge in [0, 0.05) is 18.3 Å². The summed E-state index contributed by atoms with van der Waals surface area (Å²) >= 11 is 0. The molecule has 0 aliphatic carbocycles. The second-order valence-corrected chi connectivity index (χ2v) is 9.28. The Morgan fingerprint density at radius 3 is 2.15 bits per heavy atom. The molecule has 0 unspecified atom stereocenters. The molecule has 0 saturated carbocycles. The zero-order valence-electron chi connectivity index (χ0n) is 14.6. The van der Waals surface area contributed by atoms with Gasteiger partial charge in [0.05, 0.1) is 9.79 Å². The molecule has 0 bridgehead atoms. The molecule has 8 nitrogen and oxygen atoms in total. The zero-order valence-corrected chi connectivity index (χ0v) is 16.3. The number of ether oxygens (including phenoxy) is 2. The van der Waals surface area contributed by atoms with Crippen molar-refractivity contribution in [2.24, 2.45) is 0 Å². The second kappa shape index (κ2) is 7.75. The number of benzene rings is 2. The second-order valence-electron chi connectivity index (χ2n) is 5.83. The van der Waals surface area contributed by atoms with Gasteiger partial charge in [0.1, 0.15) is 13.2 Å². The molecule has 2 aromatic carbocycles. The van der Waals surface area contributed by atoms with Crippen LogP contribution in [0.3, 0.4) is 0 Å². The molecule has 2 aromatic rings. The van der Waals surface area contributed by atoms with Gasteiger partial charge in [0.15, 0.2) is 11.5 Å². The van der Waals surface area contributed by atoms with Gasteiger partial charge in [-0.15, -0.1) is 0 Å². The Morgan fingerprint density at radius 2 is 1.48 bits per heavy atom. The molecular formula is C17H20N2O6S2. The van der Waals surface area contributed by atoms with Crippen LogP contribution < -0.4 is 18.9 Å². The number of hydrogen-bond donors (Lipinski definition) is 2. The average Bonchev–Trinajstić information content (AvgIpc) is 2.66. The van der Waals surface area contributed by atoms with Crippen molar-refractivity contribution in [1.29, 1.82) is 0 Å². The number of nitrogens with one attached hydrogen (secondary N) is 2. The average molecular weight is 412 g/mol. The molecule has 0 saturated heterocycles. The molecule has 146 valence electrons. The molecular weight excluding hydrogens is 392 g/mol. The largest absolute Gasteiger partial charge is 0.486 e. The highest BCUT2D eigenvalue weighted by molar-refractivity contribution is 7.92. The van der Waals surface area contributed by atoms with E-state index in [9.17, 15) is 16.8 Å². The van der Waals surface area contributed by atoms with Gasteiger partial charge in [-0.1, -0.05) is 6.92 Å². The number of sulfonamides is 2. The van der Waals surface area contributed by atoms with E-state index in [1.54, 1.807) is 0 Å². The van der Waals surface area contributed by atoms with Crippen molar-refractivity contribution in [3.05, 3.63) is 42.5 Å². The normalized spacial score (nSPS) is 14.0. The van der Waals surface area contributed by atoms with Gasteiger partial charge in [-0.25, -0.2) is 21.6 Å². The third-order valence-electron chi connectivity index (χ3n) is 3.78. The Balaban J connectivity index is 1.78. The minimum Gasteiger partial charge on any atom is -0.486 e. The van der Waals surface area contributed by atoms with Crippen molar-refractivity contribution in [3.8, 4) is 11.5 Å². The molecule has 10 heteroatoms. The Morgan fingerprint density at radius 1 is 0.852 bits per heavy atom. The number of anilines is 1. The first-order valence-corrected chi connectivity index (χ1v) is 11.3. The quantitative estimate of drug-likeness (QED) is 0.719.